The smallest absolute Gasteiger partial charge is 0.0491 e. The lowest BCUT2D eigenvalue weighted by molar-refractivity contribution is -0.0904. The molecule has 23 heavy (non-hydrogen) atoms. The highest BCUT2D eigenvalue weighted by Gasteiger charge is 2.49. The van der Waals surface area contributed by atoms with Crippen LogP contribution < -0.4 is 0 Å². The number of fused-ring (bicyclic) bond motifs is 1. The lowest BCUT2D eigenvalue weighted by atomic mass is 9.75. The summed E-state index contributed by atoms with van der Waals surface area (Å²) in [5, 5.41) is 1.36. The maximum absolute atomic E-state index is 5.40. The Labute approximate surface area is 138 Å². The minimum atomic E-state index is 0.382. The van der Waals surface area contributed by atoms with E-state index in [1.165, 1.54) is 48.9 Å². The minimum absolute atomic E-state index is 0.382. The quantitative estimate of drug-likeness (QED) is 0.942. The summed E-state index contributed by atoms with van der Waals surface area (Å²) in [5.74, 6) is 0.728. The molecule has 1 aromatic heterocycles. The molecule has 4 rings (SSSR count). The summed E-state index contributed by atoms with van der Waals surface area (Å²) in [4.78, 5) is 8.49. The summed E-state index contributed by atoms with van der Waals surface area (Å²) in [6, 6.07) is 8.77. The zero-order valence-corrected chi connectivity index (χ0v) is 14.2. The first-order valence-electron chi connectivity index (χ1n) is 8.68. The molecule has 3 heterocycles. The second kappa shape index (κ2) is 5.93. The molecular weight excluding hydrogens is 286 g/mol. The normalized spacial score (nSPS) is 25.0. The summed E-state index contributed by atoms with van der Waals surface area (Å²) in [6.45, 7) is 5.54. The van der Waals surface area contributed by atoms with Crippen molar-refractivity contribution in [1.29, 1.82) is 0 Å². The molecule has 2 aromatic rings. The Morgan fingerprint density at radius 2 is 2.17 bits per heavy atom. The third kappa shape index (κ3) is 2.69. The Bertz CT molecular complexity index is 674. The molecule has 1 spiro atoms. The number of likely N-dealkylation sites (tertiary alicyclic amines) is 2. The van der Waals surface area contributed by atoms with E-state index in [4.69, 9.17) is 4.74 Å². The van der Waals surface area contributed by atoms with Crippen molar-refractivity contribution in [2.75, 3.05) is 40.4 Å². The van der Waals surface area contributed by atoms with Crippen molar-refractivity contribution in [3.8, 4) is 0 Å². The molecule has 0 bridgehead atoms. The number of nitrogens with one attached hydrogen (secondary N) is 1. The maximum atomic E-state index is 5.40. The van der Waals surface area contributed by atoms with Crippen LogP contribution in [0.3, 0.4) is 0 Å². The average Bonchev–Trinajstić information content (AvgIpc) is 2.99. The molecular formula is C19H27N3O. The van der Waals surface area contributed by atoms with Gasteiger partial charge in [-0.05, 0) is 50.0 Å². The second-order valence-corrected chi connectivity index (χ2v) is 7.46. The highest BCUT2D eigenvalue weighted by Crippen LogP contribution is 2.39. The number of likely N-dealkylation sites (N-methyl/N-ethyl adjacent to an activating group) is 1. The van der Waals surface area contributed by atoms with Crippen LogP contribution in [0.5, 0.6) is 0 Å². The number of H-pyrrole nitrogens is 1. The summed E-state index contributed by atoms with van der Waals surface area (Å²) >= 11 is 0. The molecule has 1 aromatic carbocycles. The highest BCUT2D eigenvalue weighted by atomic mass is 16.5. The van der Waals surface area contributed by atoms with Crippen molar-refractivity contribution in [2.45, 2.75) is 24.9 Å². The number of benzene rings is 1. The second-order valence-electron chi connectivity index (χ2n) is 7.46. The number of hydrogen-bond donors (Lipinski definition) is 1. The Morgan fingerprint density at radius 3 is 3.00 bits per heavy atom. The average molecular weight is 313 g/mol. The number of ether oxygens (including phenoxy) is 1. The Balaban J connectivity index is 1.43. The number of piperidine rings is 1. The van der Waals surface area contributed by atoms with Crippen LogP contribution in [0.2, 0.25) is 0 Å². The molecule has 0 radical (unpaired) electrons. The van der Waals surface area contributed by atoms with Crippen LogP contribution >= 0.6 is 0 Å². The Morgan fingerprint density at radius 1 is 1.30 bits per heavy atom. The summed E-state index contributed by atoms with van der Waals surface area (Å²) in [6.07, 6.45) is 4.59. The molecule has 4 nitrogen and oxygen atoms in total. The van der Waals surface area contributed by atoms with Gasteiger partial charge in [0.1, 0.15) is 0 Å². The lowest BCUT2D eigenvalue weighted by Gasteiger charge is -2.58. The van der Waals surface area contributed by atoms with Gasteiger partial charge >= 0.3 is 0 Å². The van der Waals surface area contributed by atoms with Gasteiger partial charge in [0.05, 0.1) is 0 Å². The number of aromatic amines is 1. The molecule has 124 valence electrons. The first kappa shape index (κ1) is 15.2. The van der Waals surface area contributed by atoms with E-state index in [0.29, 0.717) is 5.54 Å². The Hall–Kier alpha value is -1.36. The molecule has 0 saturated carbocycles. The van der Waals surface area contributed by atoms with Gasteiger partial charge < -0.3 is 9.72 Å². The van der Waals surface area contributed by atoms with Gasteiger partial charge in [-0.15, -0.1) is 0 Å². The SMILES string of the molecule is COC[C@@H]1CCN(C)C2(C1)CN(Cc1cccc3[nH]ccc13)C2. The zero-order valence-electron chi connectivity index (χ0n) is 14.2. The predicted octanol–water partition coefficient (Wildman–Crippen LogP) is 2.71. The molecule has 0 amide bonds. The van der Waals surface area contributed by atoms with Crippen LogP contribution in [-0.4, -0.2) is 60.7 Å². The molecule has 1 atom stereocenters. The first-order valence-corrected chi connectivity index (χ1v) is 8.68. The third-order valence-electron chi connectivity index (χ3n) is 5.87. The summed E-state index contributed by atoms with van der Waals surface area (Å²) < 4.78 is 5.40. The number of nitrogens with zero attached hydrogens (tertiary/aromatic N) is 2. The van der Waals surface area contributed by atoms with Crippen LogP contribution in [0.1, 0.15) is 18.4 Å². The molecule has 2 fully saturated rings. The molecule has 0 aliphatic carbocycles. The largest absolute Gasteiger partial charge is 0.384 e. The van der Waals surface area contributed by atoms with Crippen LogP contribution in [0.25, 0.3) is 10.9 Å². The van der Waals surface area contributed by atoms with Crippen LogP contribution in [0, 0.1) is 5.92 Å². The molecule has 2 saturated heterocycles. The predicted molar refractivity (Wildman–Crippen MR) is 93.5 cm³/mol. The number of methoxy groups -OCH3 is 1. The first-order chi connectivity index (χ1) is 11.2. The number of aromatic nitrogens is 1. The maximum Gasteiger partial charge on any atom is 0.0491 e. The molecule has 2 aliphatic heterocycles. The van der Waals surface area contributed by atoms with Crippen molar-refractivity contribution < 1.29 is 4.74 Å². The minimum Gasteiger partial charge on any atom is -0.384 e. The number of hydrogen-bond acceptors (Lipinski definition) is 3. The van der Waals surface area contributed by atoms with Crippen LogP contribution in [0.15, 0.2) is 30.5 Å². The zero-order chi connectivity index (χ0) is 15.9. The topological polar surface area (TPSA) is 31.5 Å². The van der Waals surface area contributed by atoms with E-state index in [9.17, 15) is 0 Å². The summed E-state index contributed by atoms with van der Waals surface area (Å²) in [7, 11) is 4.13. The van der Waals surface area contributed by atoms with Gasteiger partial charge in [-0.25, -0.2) is 0 Å². The standard InChI is InChI=1S/C19H27N3O/c1-21-9-7-15(12-23-2)10-19(21)13-22(14-19)11-16-4-3-5-18-17(16)6-8-20-18/h3-6,8,15,20H,7,9-14H2,1-2H3/t15-/m1/s1. The van der Waals surface area contributed by atoms with Gasteiger partial charge in [-0.2, -0.15) is 0 Å². The molecule has 0 unspecified atom stereocenters. The van der Waals surface area contributed by atoms with Gasteiger partial charge in [0.15, 0.2) is 0 Å². The van der Waals surface area contributed by atoms with Crippen LogP contribution in [-0.2, 0) is 11.3 Å². The lowest BCUT2D eigenvalue weighted by Crippen LogP contribution is -2.71. The van der Waals surface area contributed by atoms with E-state index in [1.54, 1.807) is 0 Å². The third-order valence-corrected chi connectivity index (χ3v) is 5.87. The summed E-state index contributed by atoms with van der Waals surface area (Å²) in [5.41, 5.74) is 3.06. The number of rotatable bonds is 4. The molecule has 1 N–H and O–H groups in total. The van der Waals surface area contributed by atoms with E-state index < -0.39 is 0 Å². The van der Waals surface area contributed by atoms with Gasteiger partial charge in [-0.1, -0.05) is 12.1 Å². The van der Waals surface area contributed by atoms with Crippen molar-refractivity contribution in [2.24, 2.45) is 5.92 Å². The van der Waals surface area contributed by atoms with E-state index >= 15 is 0 Å². The van der Waals surface area contributed by atoms with Gasteiger partial charge in [0, 0.05) is 56.0 Å². The van der Waals surface area contributed by atoms with E-state index in [1.807, 2.05) is 13.3 Å². The van der Waals surface area contributed by atoms with Gasteiger partial charge in [-0.3, -0.25) is 9.80 Å². The van der Waals surface area contributed by atoms with Gasteiger partial charge in [0.2, 0.25) is 0 Å². The fourth-order valence-corrected chi connectivity index (χ4v) is 4.58. The Kier molecular flexibility index (Phi) is 3.92. The molecule has 2 aliphatic rings. The fourth-order valence-electron chi connectivity index (χ4n) is 4.58. The highest BCUT2D eigenvalue weighted by molar-refractivity contribution is 5.82. The van der Waals surface area contributed by atoms with Crippen molar-refractivity contribution in [1.82, 2.24) is 14.8 Å². The van der Waals surface area contributed by atoms with E-state index in [0.717, 1.165) is 19.1 Å². The monoisotopic (exact) mass is 313 g/mol. The van der Waals surface area contributed by atoms with Crippen molar-refractivity contribution in [3.63, 3.8) is 0 Å². The van der Waals surface area contributed by atoms with Crippen molar-refractivity contribution >= 4 is 10.9 Å². The fraction of sp³-hybridized carbons (Fsp3) is 0.579. The van der Waals surface area contributed by atoms with E-state index in [-0.39, 0.29) is 0 Å². The van der Waals surface area contributed by atoms with Gasteiger partial charge in [0.25, 0.3) is 0 Å². The van der Waals surface area contributed by atoms with Crippen LogP contribution in [0.4, 0.5) is 0 Å². The van der Waals surface area contributed by atoms with Crippen molar-refractivity contribution in [3.05, 3.63) is 36.0 Å². The van der Waals surface area contributed by atoms with E-state index in [2.05, 4.69) is 46.1 Å². The molecule has 4 heteroatoms.